The number of nitrogens with zero attached hydrogens (tertiary/aromatic N) is 1. The van der Waals surface area contributed by atoms with E-state index < -0.39 is 0 Å². The molecule has 4 rings (SSSR count). The predicted octanol–water partition coefficient (Wildman–Crippen LogP) is 4.91. The normalized spacial score (nSPS) is 12.4. The molecule has 3 aromatic rings. The number of para-hydroxylation sites is 1. The SMILES string of the molecule is COc1ccc(Br)c(C(=O)Nc2ccc(C(=O)N3CCc4ccccc43)cc2)c1. The molecule has 6 heteroatoms. The van der Waals surface area contributed by atoms with Gasteiger partial charge in [0.1, 0.15) is 5.75 Å². The van der Waals surface area contributed by atoms with Crippen LogP contribution >= 0.6 is 15.9 Å². The average Bonchev–Trinajstić information content (AvgIpc) is 3.18. The van der Waals surface area contributed by atoms with E-state index in [0.29, 0.717) is 33.6 Å². The number of hydrogen-bond donors (Lipinski definition) is 1. The van der Waals surface area contributed by atoms with Crippen molar-refractivity contribution >= 4 is 39.1 Å². The Labute approximate surface area is 177 Å². The molecule has 0 radical (unpaired) electrons. The number of amides is 2. The molecule has 0 atom stereocenters. The summed E-state index contributed by atoms with van der Waals surface area (Å²) in [5, 5.41) is 2.85. The lowest BCUT2D eigenvalue weighted by atomic mass is 10.1. The van der Waals surface area contributed by atoms with Gasteiger partial charge >= 0.3 is 0 Å². The number of nitrogens with one attached hydrogen (secondary N) is 1. The van der Waals surface area contributed by atoms with Gasteiger partial charge in [-0.15, -0.1) is 0 Å². The molecule has 0 saturated carbocycles. The topological polar surface area (TPSA) is 58.6 Å². The molecule has 0 unspecified atom stereocenters. The highest BCUT2D eigenvalue weighted by atomic mass is 79.9. The number of benzene rings is 3. The smallest absolute Gasteiger partial charge is 0.258 e. The van der Waals surface area contributed by atoms with Gasteiger partial charge in [0.2, 0.25) is 0 Å². The molecule has 1 aliphatic rings. The summed E-state index contributed by atoms with van der Waals surface area (Å²) in [7, 11) is 1.55. The highest BCUT2D eigenvalue weighted by Crippen LogP contribution is 2.29. The van der Waals surface area contributed by atoms with Gasteiger partial charge in [-0.3, -0.25) is 9.59 Å². The molecular weight excluding hydrogens is 432 g/mol. The first-order valence-electron chi connectivity index (χ1n) is 9.21. The largest absolute Gasteiger partial charge is 0.497 e. The standard InChI is InChI=1S/C23H19BrN2O3/c1-29-18-10-11-20(24)19(14-18)22(27)25-17-8-6-16(7-9-17)23(28)26-13-12-15-4-2-3-5-21(15)26/h2-11,14H,12-13H2,1H3,(H,25,27). The predicted molar refractivity (Wildman–Crippen MR) is 117 cm³/mol. The van der Waals surface area contributed by atoms with Crippen molar-refractivity contribution in [2.75, 3.05) is 23.9 Å². The van der Waals surface area contributed by atoms with Crippen LogP contribution in [0.5, 0.6) is 5.75 Å². The molecule has 2 amide bonds. The second-order valence-corrected chi connectivity index (χ2v) is 7.57. The Morgan fingerprint density at radius 1 is 1.03 bits per heavy atom. The summed E-state index contributed by atoms with van der Waals surface area (Å²) in [5.41, 5.74) is 3.83. The van der Waals surface area contributed by atoms with Gasteiger partial charge < -0.3 is 15.0 Å². The monoisotopic (exact) mass is 450 g/mol. The highest BCUT2D eigenvalue weighted by molar-refractivity contribution is 9.10. The number of fused-ring (bicyclic) bond motifs is 1. The van der Waals surface area contributed by atoms with E-state index in [1.165, 1.54) is 5.56 Å². The summed E-state index contributed by atoms with van der Waals surface area (Å²) in [6, 6.07) is 20.1. The van der Waals surface area contributed by atoms with Crippen LogP contribution in [0.25, 0.3) is 0 Å². The van der Waals surface area contributed by atoms with Crippen LogP contribution in [-0.2, 0) is 6.42 Å². The third kappa shape index (κ3) is 3.89. The van der Waals surface area contributed by atoms with E-state index in [9.17, 15) is 9.59 Å². The Hall–Kier alpha value is -3.12. The van der Waals surface area contributed by atoms with Gasteiger partial charge in [0.15, 0.2) is 0 Å². The maximum atomic E-state index is 12.9. The lowest BCUT2D eigenvalue weighted by Gasteiger charge is -2.17. The number of anilines is 2. The van der Waals surface area contributed by atoms with Crippen LogP contribution in [0.4, 0.5) is 11.4 Å². The van der Waals surface area contributed by atoms with Gasteiger partial charge in [-0.05, 0) is 76.4 Å². The van der Waals surface area contributed by atoms with Gasteiger partial charge in [0, 0.05) is 28.0 Å². The number of ether oxygens (including phenoxy) is 1. The lowest BCUT2D eigenvalue weighted by Crippen LogP contribution is -2.28. The van der Waals surface area contributed by atoms with Crippen molar-refractivity contribution < 1.29 is 14.3 Å². The fourth-order valence-corrected chi connectivity index (χ4v) is 3.83. The lowest BCUT2D eigenvalue weighted by molar-refractivity contribution is 0.0988. The van der Waals surface area contributed by atoms with Crippen molar-refractivity contribution in [3.8, 4) is 5.75 Å². The summed E-state index contributed by atoms with van der Waals surface area (Å²) < 4.78 is 5.86. The second kappa shape index (κ2) is 8.09. The zero-order valence-electron chi connectivity index (χ0n) is 15.8. The van der Waals surface area contributed by atoms with E-state index in [1.54, 1.807) is 54.5 Å². The van der Waals surface area contributed by atoms with E-state index in [0.717, 1.165) is 12.1 Å². The van der Waals surface area contributed by atoms with E-state index >= 15 is 0 Å². The van der Waals surface area contributed by atoms with Crippen LogP contribution in [-0.4, -0.2) is 25.5 Å². The van der Waals surface area contributed by atoms with Crippen LogP contribution in [0.2, 0.25) is 0 Å². The van der Waals surface area contributed by atoms with Crippen molar-refractivity contribution in [2.24, 2.45) is 0 Å². The fourth-order valence-electron chi connectivity index (χ4n) is 3.40. The molecule has 1 aliphatic heterocycles. The zero-order chi connectivity index (χ0) is 20.4. The van der Waals surface area contributed by atoms with Gasteiger partial charge in [0.25, 0.3) is 11.8 Å². The second-order valence-electron chi connectivity index (χ2n) is 6.71. The molecule has 0 bridgehead atoms. The van der Waals surface area contributed by atoms with Crippen LogP contribution in [0, 0.1) is 0 Å². The fraction of sp³-hybridized carbons (Fsp3) is 0.130. The van der Waals surface area contributed by atoms with Crippen molar-refractivity contribution in [1.29, 1.82) is 0 Å². The summed E-state index contributed by atoms with van der Waals surface area (Å²) in [4.78, 5) is 27.3. The van der Waals surface area contributed by atoms with Gasteiger partial charge in [0.05, 0.1) is 12.7 Å². The Balaban J connectivity index is 1.49. The first-order valence-corrected chi connectivity index (χ1v) is 10.0. The molecule has 29 heavy (non-hydrogen) atoms. The maximum absolute atomic E-state index is 12.9. The number of rotatable bonds is 4. The van der Waals surface area contributed by atoms with Crippen molar-refractivity contribution in [3.63, 3.8) is 0 Å². The molecule has 0 aliphatic carbocycles. The number of methoxy groups -OCH3 is 1. The summed E-state index contributed by atoms with van der Waals surface area (Å²) >= 11 is 3.39. The van der Waals surface area contributed by atoms with Crippen molar-refractivity contribution in [2.45, 2.75) is 6.42 Å². The number of halogens is 1. The molecule has 1 N–H and O–H groups in total. The van der Waals surface area contributed by atoms with E-state index in [1.807, 2.05) is 18.2 Å². The summed E-state index contributed by atoms with van der Waals surface area (Å²) in [6.45, 7) is 0.681. The Bertz CT molecular complexity index is 1080. The van der Waals surface area contributed by atoms with Crippen LogP contribution in [0.15, 0.2) is 71.2 Å². The van der Waals surface area contributed by atoms with E-state index in [2.05, 4.69) is 27.3 Å². The first kappa shape index (κ1) is 19.2. The molecule has 0 fully saturated rings. The van der Waals surface area contributed by atoms with Crippen LogP contribution in [0.3, 0.4) is 0 Å². The quantitative estimate of drug-likeness (QED) is 0.613. The van der Waals surface area contributed by atoms with Crippen LogP contribution in [0.1, 0.15) is 26.3 Å². The molecule has 0 saturated heterocycles. The van der Waals surface area contributed by atoms with Gasteiger partial charge in [-0.1, -0.05) is 18.2 Å². The minimum absolute atomic E-state index is 0.0385. The van der Waals surface area contributed by atoms with Gasteiger partial charge in [-0.25, -0.2) is 0 Å². The summed E-state index contributed by atoms with van der Waals surface area (Å²) in [6.07, 6.45) is 0.867. The first-order chi connectivity index (χ1) is 14.1. The van der Waals surface area contributed by atoms with Crippen molar-refractivity contribution in [3.05, 3.63) is 87.9 Å². The molecule has 5 nitrogen and oxygen atoms in total. The molecule has 0 aromatic heterocycles. The highest BCUT2D eigenvalue weighted by Gasteiger charge is 2.25. The third-order valence-electron chi connectivity index (χ3n) is 4.94. The average molecular weight is 451 g/mol. The van der Waals surface area contributed by atoms with Gasteiger partial charge in [-0.2, -0.15) is 0 Å². The van der Waals surface area contributed by atoms with Crippen molar-refractivity contribution in [1.82, 2.24) is 0 Å². The molecule has 1 heterocycles. The Morgan fingerprint density at radius 2 is 1.79 bits per heavy atom. The minimum atomic E-state index is -0.261. The summed E-state index contributed by atoms with van der Waals surface area (Å²) in [5.74, 6) is 0.303. The zero-order valence-corrected chi connectivity index (χ0v) is 17.4. The van der Waals surface area contributed by atoms with Crippen LogP contribution < -0.4 is 15.0 Å². The molecule has 146 valence electrons. The molecular formula is C23H19BrN2O3. The molecule has 0 spiro atoms. The maximum Gasteiger partial charge on any atom is 0.258 e. The molecule has 3 aromatic carbocycles. The Morgan fingerprint density at radius 3 is 2.55 bits per heavy atom. The number of carbonyl (C=O) groups is 2. The van der Waals surface area contributed by atoms with E-state index in [-0.39, 0.29) is 11.8 Å². The van der Waals surface area contributed by atoms with E-state index in [4.69, 9.17) is 4.74 Å². The Kier molecular flexibility index (Phi) is 5.36. The number of carbonyl (C=O) groups excluding carboxylic acids is 2. The minimum Gasteiger partial charge on any atom is -0.497 e. The third-order valence-corrected chi connectivity index (χ3v) is 5.63. The number of hydrogen-bond acceptors (Lipinski definition) is 3.